The average Bonchev–Trinajstić information content (AvgIpc) is 3.09. The van der Waals surface area contributed by atoms with E-state index in [0.717, 1.165) is 11.1 Å². The van der Waals surface area contributed by atoms with E-state index in [0.29, 0.717) is 48.6 Å². The molecule has 0 atom stereocenters. The van der Waals surface area contributed by atoms with E-state index >= 15 is 0 Å². The van der Waals surface area contributed by atoms with Gasteiger partial charge in [0.1, 0.15) is 24.6 Å². The van der Waals surface area contributed by atoms with E-state index in [1.165, 1.54) is 4.90 Å². The highest BCUT2D eigenvalue weighted by atomic mass is 16.5. The van der Waals surface area contributed by atoms with Crippen LogP contribution in [0.15, 0.2) is 109 Å². The number of carbonyl (C=O) groups is 4. The Labute approximate surface area is 282 Å². The van der Waals surface area contributed by atoms with Crippen molar-refractivity contribution in [2.75, 3.05) is 23.7 Å². The molecule has 10 nitrogen and oxygen atoms in total. The number of carbonyl (C=O) groups excluding carboxylic acids is 4. The van der Waals surface area contributed by atoms with Crippen LogP contribution in [-0.4, -0.2) is 46.8 Å². The summed E-state index contributed by atoms with van der Waals surface area (Å²) < 4.78 is 5.85. The highest BCUT2D eigenvalue weighted by Gasteiger charge is 2.21. The number of unbranched alkanes of at least 4 members (excludes halogenated alkanes) is 2. The number of amides is 4. The van der Waals surface area contributed by atoms with E-state index in [1.807, 2.05) is 92.7 Å². The van der Waals surface area contributed by atoms with Gasteiger partial charge in [0.25, 0.3) is 0 Å². The molecule has 0 spiro atoms. The van der Waals surface area contributed by atoms with Crippen LogP contribution in [0, 0.1) is 0 Å². The van der Waals surface area contributed by atoms with E-state index in [1.54, 1.807) is 35.8 Å². The van der Waals surface area contributed by atoms with Crippen molar-refractivity contribution < 1.29 is 29.1 Å². The molecular weight excluding hydrogens is 608 g/mol. The molecule has 4 rings (SSSR count). The van der Waals surface area contributed by atoms with Gasteiger partial charge in [0, 0.05) is 30.3 Å². The van der Waals surface area contributed by atoms with Crippen molar-refractivity contribution in [1.29, 1.82) is 0 Å². The van der Waals surface area contributed by atoms with Gasteiger partial charge in [0.15, 0.2) is 0 Å². The van der Waals surface area contributed by atoms with Gasteiger partial charge in [-0.05, 0) is 66.8 Å². The Hall–Kier alpha value is -5.48. The van der Waals surface area contributed by atoms with Crippen molar-refractivity contribution >= 4 is 35.0 Å². The summed E-state index contributed by atoms with van der Waals surface area (Å²) in [5.74, 6) is -0.585. The molecule has 0 unspecified atom stereocenters. The zero-order valence-electron chi connectivity index (χ0n) is 27.5. The first-order chi connectivity index (χ1) is 23.4. The van der Waals surface area contributed by atoms with Gasteiger partial charge in [-0.3, -0.25) is 24.4 Å². The standard InChI is InChI=1S/C36H38N4O6.C2H6/c41-33(39-45)20-8-3-9-21-36(44)40(25-34(42)37-29-15-10-14-28(23-29)22-27-12-4-1-5-13-27)26-35(43)38-30-16-11-19-32(24-30)46-31-17-6-2-7-18-31;1-2/h1-2,4-7,10-19,23-24,45H,3,8-9,20-22,25-26H2,(H,37,42)(H,38,43)(H,39,41);1-2H3. The molecule has 0 aromatic heterocycles. The number of anilines is 2. The minimum atomic E-state index is -0.493. The summed E-state index contributed by atoms with van der Waals surface area (Å²) in [6, 6.07) is 33.6. The van der Waals surface area contributed by atoms with Crippen molar-refractivity contribution in [2.45, 2.75) is 52.4 Å². The van der Waals surface area contributed by atoms with Gasteiger partial charge in [-0.2, -0.15) is 0 Å². The molecule has 4 amide bonds. The van der Waals surface area contributed by atoms with Gasteiger partial charge >= 0.3 is 0 Å². The summed E-state index contributed by atoms with van der Waals surface area (Å²) in [7, 11) is 0. The van der Waals surface area contributed by atoms with Crippen LogP contribution in [0.3, 0.4) is 0 Å². The average molecular weight is 653 g/mol. The minimum absolute atomic E-state index is 0.0915. The van der Waals surface area contributed by atoms with E-state index < -0.39 is 17.7 Å². The highest BCUT2D eigenvalue weighted by molar-refractivity contribution is 5.98. The van der Waals surface area contributed by atoms with Crippen LogP contribution in [0.5, 0.6) is 11.5 Å². The number of nitrogens with zero attached hydrogens (tertiary/aromatic N) is 1. The Morgan fingerprint density at radius 3 is 1.79 bits per heavy atom. The highest BCUT2D eigenvalue weighted by Crippen LogP contribution is 2.24. The quantitative estimate of drug-likeness (QED) is 0.0587. The van der Waals surface area contributed by atoms with Gasteiger partial charge in [0.05, 0.1) is 0 Å². The minimum Gasteiger partial charge on any atom is -0.457 e. The Balaban J connectivity index is 0.00000307. The van der Waals surface area contributed by atoms with Crippen molar-refractivity contribution in [2.24, 2.45) is 0 Å². The summed E-state index contributed by atoms with van der Waals surface area (Å²) >= 11 is 0. The van der Waals surface area contributed by atoms with Gasteiger partial charge in [-0.1, -0.05) is 87.0 Å². The van der Waals surface area contributed by atoms with Crippen LogP contribution in [0.4, 0.5) is 11.4 Å². The van der Waals surface area contributed by atoms with E-state index in [4.69, 9.17) is 9.94 Å². The van der Waals surface area contributed by atoms with Crippen molar-refractivity contribution in [3.05, 3.63) is 120 Å². The molecule has 10 heteroatoms. The molecule has 0 saturated heterocycles. The molecule has 0 aliphatic rings. The molecule has 0 heterocycles. The molecule has 4 aromatic carbocycles. The van der Waals surface area contributed by atoms with Crippen molar-refractivity contribution in [3.63, 3.8) is 0 Å². The number of hydrogen-bond acceptors (Lipinski definition) is 6. The Morgan fingerprint density at radius 1 is 0.604 bits per heavy atom. The van der Waals surface area contributed by atoms with Crippen LogP contribution >= 0.6 is 0 Å². The number of para-hydroxylation sites is 1. The van der Waals surface area contributed by atoms with Crippen LogP contribution in [0.2, 0.25) is 0 Å². The van der Waals surface area contributed by atoms with E-state index in [9.17, 15) is 19.2 Å². The molecule has 0 aliphatic carbocycles. The predicted molar refractivity (Wildman–Crippen MR) is 187 cm³/mol. The van der Waals surface area contributed by atoms with Gasteiger partial charge in [0.2, 0.25) is 23.6 Å². The number of benzene rings is 4. The fourth-order valence-corrected chi connectivity index (χ4v) is 4.79. The monoisotopic (exact) mass is 652 g/mol. The molecule has 4 N–H and O–H groups in total. The first-order valence-corrected chi connectivity index (χ1v) is 16.1. The maximum atomic E-state index is 13.2. The molecule has 252 valence electrons. The lowest BCUT2D eigenvalue weighted by molar-refractivity contribution is -0.137. The number of hydroxylamine groups is 1. The lowest BCUT2D eigenvalue weighted by atomic mass is 10.0. The summed E-state index contributed by atoms with van der Waals surface area (Å²) in [6.45, 7) is 3.34. The molecule has 0 saturated carbocycles. The summed E-state index contributed by atoms with van der Waals surface area (Å²) in [4.78, 5) is 51.9. The van der Waals surface area contributed by atoms with Crippen LogP contribution in [0.25, 0.3) is 0 Å². The van der Waals surface area contributed by atoms with Crippen molar-refractivity contribution in [1.82, 2.24) is 10.4 Å². The lowest BCUT2D eigenvalue weighted by Gasteiger charge is -2.22. The van der Waals surface area contributed by atoms with Crippen molar-refractivity contribution in [3.8, 4) is 11.5 Å². The Bertz CT molecular complexity index is 1500. The van der Waals surface area contributed by atoms with E-state index in [2.05, 4.69) is 10.6 Å². The molecule has 48 heavy (non-hydrogen) atoms. The van der Waals surface area contributed by atoms with Gasteiger partial charge < -0.3 is 20.3 Å². The lowest BCUT2D eigenvalue weighted by Crippen LogP contribution is -2.42. The molecule has 0 aliphatic heterocycles. The van der Waals surface area contributed by atoms with Gasteiger partial charge in [-0.25, -0.2) is 5.48 Å². The number of nitrogens with one attached hydrogen (secondary N) is 3. The molecule has 4 aromatic rings. The molecular formula is C38H44N4O6. The normalized spacial score (nSPS) is 10.1. The maximum Gasteiger partial charge on any atom is 0.244 e. The van der Waals surface area contributed by atoms with E-state index in [-0.39, 0.29) is 31.8 Å². The zero-order valence-corrected chi connectivity index (χ0v) is 27.5. The summed E-state index contributed by atoms with van der Waals surface area (Å²) in [5.41, 5.74) is 4.82. The molecule has 0 fully saturated rings. The topological polar surface area (TPSA) is 137 Å². The van der Waals surface area contributed by atoms with Gasteiger partial charge in [-0.15, -0.1) is 0 Å². The first kappa shape index (κ1) is 37.0. The SMILES string of the molecule is CC.O=C(CCCCCC(=O)N(CC(=O)Nc1cccc(Cc2ccccc2)c1)CC(=O)Nc1cccc(Oc2ccccc2)c1)NO. The third kappa shape index (κ3) is 13.5. The largest absolute Gasteiger partial charge is 0.457 e. The Morgan fingerprint density at radius 2 is 1.15 bits per heavy atom. The summed E-state index contributed by atoms with van der Waals surface area (Å²) in [6.07, 6.45) is 2.43. The Kier molecular flexibility index (Phi) is 15.9. The molecule has 0 bridgehead atoms. The number of hydrogen-bond donors (Lipinski definition) is 4. The van der Waals surface area contributed by atoms with Crippen LogP contribution in [0.1, 0.15) is 57.1 Å². The van der Waals surface area contributed by atoms with Crippen LogP contribution < -0.4 is 20.9 Å². The smallest absolute Gasteiger partial charge is 0.244 e. The molecule has 0 radical (unpaired) electrons. The predicted octanol–water partition coefficient (Wildman–Crippen LogP) is 6.96. The fourth-order valence-electron chi connectivity index (χ4n) is 4.79. The number of rotatable bonds is 16. The second kappa shape index (κ2) is 20.6. The third-order valence-electron chi connectivity index (χ3n) is 7.00. The first-order valence-electron chi connectivity index (χ1n) is 16.1. The van der Waals surface area contributed by atoms with Crippen LogP contribution in [-0.2, 0) is 25.6 Å². The summed E-state index contributed by atoms with van der Waals surface area (Å²) in [5, 5.41) is 14.3. The third-order valence-corrected chi connectivity index (χ3v) is 7.00. The number of ether oxygens (including phenoxy) is 1. The fraction of sp³-hybridized carbons (Fsp3) is 0.263. The second-order valence-corrected chi connectivity index (χ2v) is 10.7. The zero-order chi connectivity index (χ0) is 34.6. The second-order valence-electron chi connectivity index (χ2n) is 10.7. The maximum absolute atomic E-state index is 13.2.